The van der Waals surface area contributed by atoms with E-state index in [1.54, 1.807) is 6.08 Å². The SMILES string of the molecule is COC(=O)/C=C(/C)C1CC1C. The standard InChI is InChI=1S/C9H14O2/c1-6-4-8(6)7(2)5-9(10)11-3/h5-6,8H,4H2,1-3H3/b7-5-. The van der Waals surface area contributed by atoms with Gasteiger partial charge in [0.2, 0.25) is 0 Å². The molecule has 0 aromatic rings. The van der Waals surface area contributed by atoms with Crippen LogP contribution in [-0.4, -0.2) is 13.1 Å². The van der Waals surface area contributed by atoms with Gasteiger partial charge >= 0.3 is 5.97 Å². The van der Waals surface area contributed by atoms with Gasteiger partial charge in [-0.2, -0.15) is 0 Å². The number of hydrogen-bond donors (Lipinski definition) is 0. The molecule has 2 nitrogen and oxygen atoms in total. The van der Waals surface area contributed by atoms with Crippen LogP contribution in [0.25, 0.3) is 0 Å². The van der Waals surface area contributed by atoms with Crippen molar-refractivity contribution < 1.29 is 9.53 Å². The van der Waals surface area contributed by atoms with E-state index in [1.807, 2.05) is 6.92 Å². The largest absolute Gasteiger partial charge is 0.466 e. The van der Waals surface area contributed by atoms with Gasteiger partial charge in [-0.15, -0.1) is 0 Å². The van der Waals surface area contributed by atoms with Crippen molar-refractivity contribution in [1.29, 1.82) is 0 Å². The molecule has 0 aromatic heterocycles. The van der Waals surface area contributed by atoms with E-state index in [0.29, 0.717) is 5.92 Å². The van der Waals surface area contributed by atoms with Crippen molar-refractivity contribution in [3.05, 3.63) is 11.6 Å². The van der Waals surface area contributed by atoms with E-state index in [1.165, 1.54) is 13.5 Å². The van der Waals surface area contributed by atoms with Crippen molar-refractivity contribution >= 4 is 5.97 Å². The lowest BCUT2D eigenvalue weighted by atomic mass is 10.1. The van der Waals surface area contributed by atoms with Gasteiger partial charge in [0.15, 0.2) is 0 Å². The lowest BCUT2D eigenvalue weighted by Crippen LogP contribution is -1.96. The summed E-state index contributed by atoms with van der Waals surface area (Å²) in [6, 6.07) is 0. The van der Waals surface area contributed by atoms with E-state index in [9.17, 15) is 4.79 Å². The van der Waals surface area contributed by atoms with Gasteiger partial charge in [0, 0.05) is 6.08 Å². The Morgan fingerprint density at radius 3 is 2.55 bits per heavy atom. The summed E-state index contributed by atoms with van der Waals surface area (Å²) in [7, 11) is 1.41. The molecule has 0 radical (unpaired) electrons. The van der Waals surface area contributed by atoms with E-state index < -0.39 is 0 Å². The molecule has 0 aliphatic heterocycles. The van der Waals surface area contributed by atoms with Gasteiger partial charge in [-0.1, -0.05) is 12.5 Å². The molecule has 11 heavy (non-hydrogen) atoms. The first-order valence-corrected chi connectivity index (χ1v) is 3.91. The van der Waals surface area contributed by atoms with Crippen molar-refractivity contribution in [1.82, 2.24) is 0 Å². The molecule has 1 aliphatic rings. The molecule has 1 rings (SSSR count). The summed E-state index contributed by atoms with van der Waals surface area (Å²) in [6.45, 7) is 4.18. The van der Waals surface area contributed by atoms with Gasteiger partial charge in [0.05, 0.1) is 7.11 Å². The summed E-state index contributed by atoms with van der Waals surface area (Å²) in [6.07, 6.45) is 2.81. The van der Waals surface area contributed by atoms with Gasteiger partial charge in [-0.3, -0.25) is 0 Å². The molecule has 0 spiro atoms. The fourth-order valence-electron chi connectivity index (χ4n) is 1.31. The fourth-order valence-corrected chi connectivity index (χ4v) is 1.31. The van der Waals surface area contributed by atoms with Gasteiger partial charge < -0.3 is 4.74 Å². The predicted octanol–water partition coefficient (Wildman–Crippen LogP) is 1.76. The number of esters is 1. The Bertz CT molecular complexity index is 194. The number of allylic oxidation sites excluding steroid dienone is 1. The summed E-state index contributed by atoms with van der Waals surface area (Å²) < 4.78 is 4.52. The zero-order valence-corrected chi connectivity index (χ0v) is 7.26. The summed E-state index contributed by atoms with van der Waals surface area (Å²) >= 11 is 0. The Balaban J connectivity index is 2.46. The van der Waals surface area contributed by atoms with Crippen LogP contribution in [0.4, 0.5) is 0 Å². The van der Waals surface area contributed by atoms with Gasteiger partial charge in [0.25, 0.3) is 0 Å². The molecule has 0 heterocycles. The zero-order valence-electron chi connectivity index (χ0n) is 7.26. The molecule has 0 saturated heterocycles. The molecule has 1 saturated carbocycles. The first-order valence-electron chi connectivity index (χ1n) is 3.91. The second-order valence-electron chi connectivity index (χ2n) is 3.23. The Labute approximate surface area is 67.2 Å². The second-order valence-corrected chi connectivity index (χ2v) is 3.23. The van der Waals surface area contributed by atoms with E-state index in [0.717, 1.165) is 11.5 Å². The van der Waals surface area contributed by atoms with Crippen molar-refractivity contribution in [3.8, 4) is 0 Å². The number of ether oxygens (including phenoxy) is 1. The Kier molecular flexibility index (Phi) is 2.32. The van der Waals surface area contributed by atoms with Crippen LogP contribution in [0.5, 0.6) is 0 Å². The number of hydrogen-bond acceptors (Lipinski definition) is 2. The molecule has 0 aromatic carbocycles. The zero-order chi connectivity index (χ0) is 8.43. The van der Waals surface area contributed by atoms with Gasteiger partial charge in [0.1, 0.15) is 0 Å². The maximum Gasteiger partial charge on any atom is 0.330 e. The van der Waals surface area contributed by atoms with Crippen LogP contribution in [0.3, 0.4) is 0 Å². The topological polar surface area (TPSA) is 26.3 Å². The molecule has 62 valence electrons. The lowest BCUT2D eigenvalue weighted by Gasteiger charge is -1.96. The van der Waals surface area contributed by atoms with Gasteiger partial charge in [-0.05, 0) is 25.2 Å². The van der Waals surface area contributed by atoms with Crippen LogP contribution < -0.4 is 0 Å². The Morgan fingerprint density at radius 1 is 1.64 bits per heavy atom. The van der Waals surface area contributed by atoms with Crippen molar-refractivity contribution in [2.45, 2.75) is 20.3 Å². The van der Waals surface area contributed by atoms with Crippen LogP contribution in [0, 0.1) is 11.8 Å². The Hall–Kier alpha value is -0.790. The van der Waals surface area contributed by atoms with Crippen LogP contribution in [-0.2, 0) is 9.53 Å². The van der Waals surface area contributed by atoms with E-state index in [4.69, 9.17) is 0 Å². The highest BCUT2D eigenvalue weighted by atomic mass is 16.5. The normalized spacial score (nSPS) is 29.9. The molecular formula is C9H14O2. The number of rotatable bonds is 2. The molecule has 2 unspecified atom stereocenters. The molecule has 1 aliphatic carbocycles. The third-order valence-electron chi connectivity index (χ3n) is 2.24. The summed E-state index contributed by atoms with van der Waals surface area (Å²) in [5, 5.41) is 0. The van der Waals surface area contributed by atoms with Crippen LogP contribution in [0.15, 0.2) is 11.6 Å². The molecule has 2 heteroatoms. The minimum atomic E-state index is -0.235. The van der Waals surface area contributed by atoms with E-state index in [-0.39, 0.29) is 5.97 Å². The first-order chi connectivity index (χ1) is 5.15. The average Bonchev–Trinajstić information content (AvgIpc) is 2.66. The van der Waals surface area contributed by atoms with Crippen LogP contribution >= 0.6 is 0 Å². The Morgan fingerprint density at radius 2 is 2.18 bits per heavy atom. The third-order valence-corrected chi connectivity index (χ3v) is 2.24. The van der Waals surface area contributed by atoms with Crippen molar-refractivity contribution in [2.24, 2.45) is 11.8 Å². The fraction of sp³-hybridized carbons (Fsp3) is 0.667. The predicted molar refractivity (Wildman–Crippen MR) is 43.0 cm³/mol. The first kappa shape index (κ1) is 8.31. The van der Waals surface area contributed by atoms with Crippen molar-refractivity contribution in [3.63, 3.8) is 0 Å². The number of carbonyl (C=O) groups excluding carboxylic acids is 1. The maximum atomic E-state index is 10.8. The molecule has 0 amide bonds. The molecule has 1 fully saturated rings. The average molecular weight is 154 g/mol. The highest BCUT2D eigenvalue weighted by Crippen LogP contribution is 2.43. The van der Waals surface area contributed by atoms with Crippen molar-refractivity contribution in [2.75, 3.05) is 7.11 Å². The monoisotopic (exact) mass is 154 g/mol. The summed E-state index contributed by atoms with van der Waals surface area (Å²) in [5.74, 6) is 1.16. The minimum Gasteiger partial charge on any atom is -0.466 e. The highest BCUT2D eigenvalue weighted by Gasteiger charge is 2.33. The molecule has 2 atom stereocenters. The van der Waals surface area contributed by atoms with Crippen LogP contribution in [0.2, 0.25) is 0 Å². The smallest absolute Gasteiger partial charge is 0.330 e. The number of methoxy groups -OCH3 is 1. The quantitative estimate of drug-likeness (QED) is 0.447. The third kappa shape index (κ3) is 2.07. The number of carbonyl (C=O) groups is 1. The lowest BCUT2D eigenvalue weighted by molar-refractivity contribution is -0.134. The highest BCUT2D eigenvalue weighted by molar-refractivity contribution is 5.82. The summed E-state index contributed by atoms with van der Waals surface area (Å²) in [4.78, 5) is 10.8. The maximum absolute atomic E-state index is 10.8. The van der Waals surface area contributed by atoms with E-state index >= 15 is 0 Å². The minimum absolute atomic E-state index is 0.235. The molecule has 0 N–H and O–H groups in total. The molecular weight excluding hydrogens is 140 g/mol. The summed E-state index contributed by atoms with van der Waals surface area (Å²) in [5.41, 5.74) is 1.16. The second kappa shape index (κ2) is 3.07. The van der Waals surface area contributed by atoms with E-state index in [2.05, 4.69) is 11.7 Å². The van der Waals surface area contributed by atoms with Crippen LogP contribution in [0.1, 0.15) is 20.3 Å². The molecule has 0 bridgehead atoms. The van der Waals surface area contributed by atoms with Gasteiger partial charge in [-0.25, -0.2) is 4.79 Å².